The number of hydrogen-bond donors (Lipinski definition) is 0. The third-order valence-electron chi connectivity index (χ3n) is 4.62. The van der Waals surface area contributed by atoms with Crippen LogP contribution in [0, 0.1) is 5.82 Å². The first-order valence-electron chi connectivity index (χ1n) is 8.09. The second-order valence-electron chi connectivity index (χ2n) is 6.30. The second-order valence-corrected chi connectivity index (χ2v) is 7.34. The van der Waals surface area contributed by atoms with Gasteiger partial charge in [-0.15, -0.1) is 21.5 Å². The quantitative estimate of drug-likeness (QED) is 0.864. The minimum atomic E-state index is -0.446. The molecule has 4 rings (SSSR count). The van der Waals surface area contributed by atoms with Crippen LogP contribution >= 0.6 is 11.3 Å². The van der Waals surface area contributed by atoms with E-state index < -0.39 is 5.82 Å². The number of rotatable bonds is 3. The molecule has 1 aliphatic heterocycles. The number of hydrogen-bond acceptors (Lipinski definition) is 4. The Kier molecular flexibility index (Phi) is 3.85. The maximum absolute atomic E-state index is 13.8. The number of aromatic nitrogens is 2. The number of halogens is 1. The number of benzene rings is 1. The lowest BCUT2D eigenvalue weighted by atomic mass is 9.97. The van der Waals surface area contributed by atoms with Gasteiger partial charge in [-0.25, -0.2) is 4.39 Å². The molecular formula is C17H18FN3OS. The van der Waals surface area contributed by atoms with Crippen molar-refractivity contribution in [2.24, 2.45) is 0 Å². The molecule has 0 unspecified atom stereocenters. The van der Waals surface area contributed by atoms with Crippen LogP contribution in [0.5, 0.6) is 0 Å². The summed E-state index contributed by atoms with van der Waals surface area (Å²) < 4.78 is 13.8. The molecule has 0 spiro atoms. The number of carbonyl (C=O) groups excluding carboxylic acids is 1. The van der Waals surface area contributed by atoms with E-state index in [0.717, 1.165) is 17.8 Å². The van der Waals surface area contributed by atoms with Gasteiger partial charge < -0.3 is 4.90 Å². The van der Waals surface area contributed by atoms with Gasteiger partial charge in [0.1, 0.15) is 15.8 Å². The molecular weight excluding hydrogens is 313 g/mol. The topological polar surface area (TPSA) is 46.1 Å². The number of nitrogens with zero attached hydrogens (tertiary/aromatic N) is 3. The van der Waals surface area contributed by atoms with Gasteiger partial charge in [-0.1, -0.05) is 12.1 Å². The molecule has 1 saturated heterocycles. The Morgan fingerprint density at radius 1 is 1.04 bits per heavy atom. The molecule has 23 heavy (non-hydrogen) atoms. The first kappa shape index (κ1) is 14.8. The van der Waals surface area contributed by atoms with Crippen molar-refractivity contribution in [3.63, 3.8) is 0 Å². The maximum Gasteiger partial charge on any atom is 0.256 e. The zero-order valence-electron chi connectivity index (χ0n) is 12.7. The van der Waals surface area contributed by atoms with E-state index in [1.165, 1.54) is 23.9 Å². The summed E-state index contributed by atoms with van der Waals surface area (Å²) >= 11 is 1.73. The summed E-state index contributed by atoms with van der Waals surface area (Å²) in [6.45, 7) is 1.30. The van der Waals surface area contributed by atoms with E-state index in [1.54, 1.807) is 34.4 Å². The Hall–Kier alpha value is -1.82. The van der Waals surface area contributed by atoms with Gasteiger partial charge in [0.25, 0.3) is 5.91 Å². The summed E-state index contributed by atoms with van der Waals surface area (Å²) in [7, 11) is 0. The fraction of sp³-hybridized carbons (Fsp3) is 0.471. The summed E-state index contributed by atoms with van der Waals surface area (Å²) in [4.78, 5) is 14.2. The van der Waals surface area contributed by atoms with Gasteiger partial charge >= 0.3 is 0 Å². The smallest absolute Gasteiger partial charge is 0.256 e. The van der Waals surface area contributed by atoms with Crippen LogP contribution in [-0.4, -0.2) is 34.1 Å². The van der Waals surface area contributed by atoms with Gasteiger partial charge in [-0.2, -0.15) is 0 Å². The summed E-state index contributed by atoms with van der Waals surface area (Å²) in [6, 6.07) is 6.19. The molecule has 0 radical (unpaired) electrons. The number of carbonyl (C=O) groups is 1. The molecule has 2 aliphatic rings. The van der Waals surface area contributed by atoms with Crippen LogP contribution in [0.2, 0.25) is 0 Å². The molecule has 120 valence electrons. The van der Waals surface area contributed by atoms with Crippen molar-refractivity contribution in [1.29, 1.82) is 0 Å². The van der Waals surface area contributed by atoms with E-state index in [9.17, 15) is 9.18 Å². The number of amides is 1. The second kappa shape index (κ2) is 6.00. The highest BCUT2D eigenvalue weighted by Gasteiger charge is 2.31. The van der Waals surface area contributed by atoms with Crippen LogP contribution in [0.4, 0.5) is 4.39 Å². The van der Waals surface area contributed by atoms with E-state index in [1.807, 2.05) is 0 Å². The van der Waals surface area contributed by atoms with Gasteiger partial charge in [-0.05, 0) is 37.8 Å². The highest BCUT2D eigenvalue weighted by Crippen LogP contribution is 2.43. The fourth-order valence-electron chi connectivity index (χ4n) is 3.04. The Morgan fingerprint density at radius 2 is 1.65 bits per heavy atom. The molecule has 2 heterocycles. The molecule has 1 aliphatic carbocycles. The minimum Gasteiger partial charge on any atom is -0.339 e. The lowest BCUT2D eigenvalue weighted by Gasteiger charge is -2.31. The zero-order valence-corrected chi connectivity index (χ0v) is 13.6. The van der Waals surface area contributed by atoms with Crippen LogP contribution in [0.1, 0.15) is 57.9 Å². The summed E-state index contributed by atoms with van der Waals surface area (Å²) in [6.07, 6.45) is 4.23. The van der Waals surface area contributed by atoms with Crippen molar-refractivity contribution in [3.05, 3.63) is 45.7 Å². The summed E-state index contributed by atoms with van der Waals surface area (Å²) in [5.41, 5.74) is 0.165. The average molecular weight is 331 g/mol. The molecule has 0 atom stereocenters. The molecule has 4 nitrogen and oxygen atoms in total. The largest absolute Gasteiger partial charge is 0.339 e. The van der Waals surface area contributed by atoms with Gasteiger partial charge in [0.15, 0.2) is 0 Å². The monoisotopic (exact) mass is 331 g/mol. The Labute approximate surface area is 138 Å². The van der Waals surface area contributed by atoms with Crippen molar-refractivity contribution < 1.29 is 9.18 Å². The molecule has 1 amide bonds. The predicted molar refractivity (Wildman–Crippen MR) is 86.2 cm³/mol. The maximum atomic E-state index is 13.8. The third-order valence-corrected chi connectivity index (χ3v) is 5.87. The van der Waals surface area contributed by atoms with Crippen molar-refractivity contribution in [1.82, 2.24) is 15.1 Å². The van der Waals surface area contributed by atoms with E-state index >= 15 is 0 Å². The molecule has 0 N–H and O–H groups in total. The van der Waals surface area contributed by atoms with Crippen LogP contribution in [0.3, 0.4) is 0 Å². The van der Waals surface area contributed by atoms with Crippen LogP contribution < -0.4 is 0 Å². The normalized spacial score (nSPS) is 19.1. The predicted octanol–water partition coefficient (Wildman–Crippen LogP) is 3.57. The average Bonchev–Trinajstić information content (AvgIpc) is 3.32. The molecule has 2 fully saturated rings. The molecule has 0 bridgehead atoms. The highest BCUT2D eigenvalue weighted by atomic mass is 32.1. The summed E-state index contributed by atoms with van der Waals surface area (Å²) in [5.74, 6) is 0.365. The van der Waals surface area contributed by atoms with Gasteiger partial charge in [0.2, 0.25) is 0 Å². The SMILES string of the molecule is O=C(c1ccccc1F)N1CCC(c2nnc(C3CC3)s2)CC1. The Bertz CT molecular complexity index is 720. The first-order valence-corrected chi connectivity index (χ1v) is 8.91. The van der Waals surface area contributed by atoms with Crippen LogP contribution in [0.25, 0.3) is 0 Å². The Morgan fingerprint density at radius 3 is 2.26 bits per heavy atom. The molecule has 1 aromatic carbocycles. The van der Waals surface area contributed by atoms with E-state index in [0.29, 0.717) is 24.9 Å². The zero-order chi connectivity index (χ0) is 15.8. The lowest BCUT2D eigenvalue weighted by molar-refractivity contribution is 0.0708. The molecule has 1 saturated carbocycles. The molecule has 2 aromatic rings. The molecule has 1 aromatic heterocycles. The standard InChI is InChI=1S/C17H18FN3OS/c18-14-4-2-1-3-13(14)17(22)21-9-7-12(8-10-21)16-20-19-15(23-16)11-5-6-11/h1-4,11-12H,5-10H2. The van der Waals surface area contributed by atoms with Gasteiger partial charge in [-0.3, -0.25) is 4.79 Å². The Balaban J connectivity index is 1.40. The highest BCUT2D eigenvalue weighted by molar-refractivity contribution is 7.11. The fourth-order valence-corrected chi connectivity index (χ4v) is 4.22. The van der Waals surface area contributed by atoms with Crippen LogP contribution in [-0.2, 0) is 0 Å². The van der Waals surface area contributed by atoms with E-state index in [4.69, 9.17) is 0 Å². The number of piperidine rings is 1. The van der Waals surface area contributed by atoms with Crippen molar-refractivity contribution in [2.45, 2.75) is 37.5 Å². The summed E-state index contributed by atoms with van der Waals surface area (Å²) in [5, 5.41) is 10.9. The van der Waals surface area contributed by atoms with Gasteiger partial charge in [0.05, 0.1) is 5.56 Å². The van der Waals surface area contributed by atoms with E-state index in [-0.39, 0.29) is 11.5 Å². The van der Waals surface area contributed by atoms with Crippen LogP contribution in [0.15, 0.2) is 24.3 Å². The van der Waals surface area contributed by atoms with Crippen molar-refractivity contribution in [2.75, 3.05) is 13.1 Å². The molecule has 6 heteroatoms. The number of likely N-dealkylation sites (tertiary alicyclic amines) is 1. The minimum absolute atomic E-state index is 0.165. The third kappa shape index (κ3) is 3.00. The van der Waals surface area contributed by atoms with Gasteiger partial charge in [0, 0.05) is 24.9 Å². The van der Waals surface area contributed by atoms with E-state index in [2.05, 4.69) is 10.2 Å². The lowest BCUT2D eigenvalue weighted by Crippen LogP contribution is -2.38. The first-order chi connectivity index (χ1) is 11.2. The van der Waals surface area contributed by atoms with Crippen molar-refractivity contribution in [3.8, 4) is 0 Å². The van der Waals surface area contributed by atoms with Crippen molar-refractivity contribution >= 4 is 17.2 Å².